The van der Waals surface area contributed by atoms with Crippen molar-refractivity contribution >= 4 is 0 Å². The van der Waals surface area contributed by atoms with Crippen molar-refractivity contribution in [3.63, 3.8) is 0 Å². The zero-order valence-electron chi connectivity index (χ0n) is 8.53. The second kappa shape index (κ2) is 4.05. The Morgan fingerprint density at radius 2 is 2.14 bits per heavy atom. The maximum Gasteiger partial charge on any atom is 0.131 e. The fourth-order valence-electron chi connectivity index (χ4n) is 2.03. The first kappa shape index (κ1) is 9.59. The van der Waals surface area contributed by atoms with Gasteiger partial charge in [-0.15, -0.1) is 0 Å². The lowest BCUT2D eigenvalue weighted by Gasteiger charge is -2.09. The van der Waals surface area contributed by atoms with E-state index in [1.807, 2.05) is 13.1 Å². The summed E-state index contributed by atoms with van der Waals surface area (Å²) in [6.07, 6.45) is 6.81. The van der Waals surface area contributed by atoms with Gasteiger partial charge in [0.05, 0.1) is 12.3 Å². The molecule has 76 valence electrons. The summed E-state index contributed by atoms with van der Waals surface area (Å²) in [5.74, 6) is 1.46. The molecule has 3 nitrogen and oxygen atoms in total. The summed E-state index contributed by atoms with van der Waals surface area (Å²) in [6, 6.07) is 0. The van der Waals surface area contributed by atoms with Crippen LogP contribution >= 0.6 is 0 Å². The second-order valence-corrected chi connectivity index (χ2v) is 4.00. The third kappa shape index (κ3) is 1.77. The lowest BCUT2D eigenvalue weighted by Crippen LogP contribution is -2.05. The highest BCUT2D eigenvalue weighted by molar-refractivity contribution is 5.16. The van der Waals surface area contributed by atoms with E-state index in [1.165, 1.54) is 25.7 Å². The Hall–Kier alpha value is -0.960. The number of nitrogens with zero attached hydrogens (tertiary/aromatic N) is 2. The van der Waals surface area contributed by atoms with Gasteiger partial charge in [-0.2, -0.15) is 0 Å². The minimum Gasteiger partial charge on any atom is -0.390 e. The molecule has 0 atom stereocenters. The quantitative estimate of drug-likeness (QED) is 0.778. The van der Waals surface area contributed by atoms with Crippen molar-refractivity contribution in [2.75, 3.05) is 0 Å². The molecule has 3 heteroatoms. The minimum atomic E-state index is 0.0219. The number of hydrogen-bond donors (Lipinski definition) is 1. The number of rotatable bonds is 2. The fourth-order valence-corrected chi connectivity index (χ4v) is 2.03. The van der Waals surface area contributed by atoms with Crippen molar-refractivity contribution in [2.24, 2.45) is 0 Å². The molecule has 2 rings (SSSR count). The van der Waals surface area contributed by atoms with Crippen molar-refractivity contribution in [1.29, 1.82) is 0 Å². The van der Waals surface area contributed by atoms with E-state index in [9.17, 15) is 0 Å². The predicted octanol–water partition coefficient (Wildman–Crippen LogP) is 1.93. The van der Waals surface area contributed by atoms with E-state index in [0.29, 0.717) is 5.92 Å². The van der Waals surface area contributed by atoms with Gasteiger partial charge in [0.2, 0.25) is 0 Å². The van der Waals surface area contributed by atoms with Gasteiger partial charge in [-0.3, -0.25) is 0 Å². The molecule has 1 aromatic heterocycles. The monoisotopic (exact) mass is 192 g/mol. The second-order valence-electron chi connectivity index (χ2n) is 4.00. The van der Waals surface area contributed by atoms with E-state index in [4.69, 9.17) is 5.11 Å². The summed E-state index contributed by atoms with van der Waals surface area (Å²) in [6.45, 7) is 1.96. The minimum absolute atomic E-state index is 0.0219. The fraction of sp³-hybridized carbons (Fsp3) is 0.636. The molecular formula is C11H16N2O. The van der Waals surface area contributed by atoms with Gasteiger partial charge in [0.25, 0.3) is 0 Å². The molecular weight excluding hydrogens is 176 g/mol. The van der Waals surface area contributed by atoms with Gasteiger partial charge in [-0.25, -0.2) is 9.97 Å². The molecule has 0 amide bonds. The molecule has 1 saturated carbocycles. The van der Waals surface area contributed by atoms with E-state index >= 15 is 0 Å². The smallest absolute Gasteiger partial charge is 0.131 e. The van der Waals surface area contributed by atoms with Crippen LogP contribution in [0.25, 0.3) is 0 Å². The molecule has 1 N–H and O–H groups in total. The molecule has 0 saturated heterocycles. The van der Waals surface area contributed by atoms with Gasteiger partial charge >= 0.3 is 0 Å². The van der Waals surface area contributed by atoms with Crippen LogP contribution in [0.4, 0.5) is 0 Å². The van der Waals surface area contributed by atoms with Crippen LogP contribution in [0.3, 0.4) is 0 Å². The Morgan fingerprint density at radius 1 is 1.43 bits per heavy atom. The number of aliphatic hydroxyl groups excluding tert-OH is 1. The summed E-state index contributed by atoms with van der Waals surface area (Å²) in [5, 5.41) is 9.10. The lowest BCUT2D eigenvalue weighted by atomic mass is 10.1. The van der Waals surface area contributed by atoms with Gasteiger partial charge in [0, 0.05) is 12.1 Å². The van der Waals surface area contributed by atoms with Crippen molar-refractivity contribution in [1.82, 2.24) is 9.97 Å². The topological polar surface area (TPSA) is 46.0 Å². The number of aryl methyl sites for hydroxylation is 1. The van der Waals surface area contributed by atoms with Crippen LogP contribution in [0.5, 0.6) is 0 Å². The van der Waals surface area contributed by atoms with E-state index in [2.05, 4.69) is 9.97 Å². The average molecular weight is 192 g/mol. The van der Waals surface area contributed by atoms with E-state index in [0.717, 1.165) is 17.1 Å². The van der Waals surface area contributed by atoms with E-state index in [-0.39, 0.29) is 6.61 Å². The molecule has 1 heterocycles. The normalized spacial score (nSPS) is 17.6. The van der Waals surface area contributed by atoms with Crippen molar-refractivity contribution in [3.8, 4) is 0 Å². The molecule has 1 aliphatic carbocycles. The Bertz CT molecular complexity index is 319. The zero-order chi connectivity index (χ0) is 9.97. The first-order chi connectivity index (χ1) is 6.81. The maximum absolute atomic E-state index is 9.10. The number of hydrogen-bond acceptors (Lipinski definition) is 3. The van der Waals surface area contributed by atoms with Crippen LogP contribution in [0, 0.1) is 6.92 Å². The highest BCUT2D eigenvalue weighted by atomic mass is 16.3. The summed E-state index contributed by atoms with van der Waals surface area (Å²) < 4.78 is 0. The standard InChI is InChI=1S/C11H16N2O/c1-8-6-12-11(13-10(8)7-14)9-4-2-3-5-9/h6,9,14H,2-5,7H2,1H3. The zero-order valence-corrected chi connectivity index (χ0v) is 8.53. The summed E-state index contributed by atoms with van der Waals surface area (Å²) in [7, 11) is 0. The largest absolute Gasteiger partial charge is 0.390 e. The maximum atomic E-state index is 9.10. The molecule has 0 bridgehead atoms. The molecule has 1 aliphatic rings. The molecule has 0 aliphatic heterocycles. The van der Waals surface area contributed by atoms with Crippen LogP contribution in [-0.2, 0) is 6.61 Å². The number of aliphatic hydroxyl groups is 1. The third-order valence-corrected chi connectivity index (χ3v) is 2.97. The van der Waals surface area contributed by atoms with Gasteiger partial charge in [-0.1, -0.05) is 12.8 Å². The third-order valence-electron chi connectivity index (χ3n) is 2.97. The van der Waals surface area contributed by atoms with Crippen LogP contribution in [0.15, 0.2) is 6.20 Å². The molecule has 1 fully saturated rings. The first-order valence-electron chi connectivity index (χ1n) is 5.24. The molecule has 0 aromatic carbocycles. The summed E-state index contributed by atoms with van der Waals surface area (Å²) in [4.78, 5) is 8.76. The first-order valence-corrected chi connectivity index (χ1v) is 5.24. The molecule has 0 radical (unpaired) electrons. The lowest BCUT2D eigenvalue weighted by molar-refractivity contribution is 0.275. The highest BCUT2D eigenvalue weighted by Gasteiger charge is 2.20. The Morgan fingerprint density at radius 3 is 2.79 bits per heavy atom. The molecule has 1 aromatic rings. The van der Waals surface area contributed by atoms with Crippen LogP contribution < -0.4 is 0 Å². The Labute approximate surface area is 84.2 Å². The van der Waals surface area contributed by atoms with Crippen molar-refractivity contribution in [3.05, 3.63) is 23.3 Å². The SMILES string of the molecule is Cc1cnc(C2CCCC2)nc1CO. The van der Waals surface area contributed by atoms with Crippen molar-refractivity contribution < 1.29 is 5.11 Å². The molecule has 0 unspecified atom stereocenters. The molecule has 0 spiro atoms. The average Bonchev–Trinajstić information content (AvgIpc) is 2.71. The summed E-state index contributed by atoms with van der Waals surface area (Å²) >= 11 is 0. The van der Waals surface area contributed by atoms with E-state index in [1.54, 1.807) is 0 Å². The number of aromatic nitrogens is 2. The van der Waals surface area contributed by atoms with Gasteiger partial charge in [0.1, 0.15) is 5.82 Å². The van der Waals surface area contributed by atoms with Crippen molar-refractivity contribution in [2.45, 2.75) is 45.1 Å². The predicted molar refractivity (Wildman–Crippen MR) is 53.9 cm³/mol. The Kier molecular flexibility index (Phi) is 2.77. The van der Waals surface area contributed by atoms with Gasteiger partial charge < -0.3 is 5.11 Å². The Balaban J connectivity index is 2.25. The van der Waals surface area contributed by atoms with Gasteiger partial charge in [-0.05, 0) is 25.3 Å². The van der Waals surface area contributed by atoms with Gasteiger partial charge in [0.15, 0.2) is 0 Å². The highest BCUT2D eigenvalue weighted by Crippen LogP contribution is 2.32. The van der Waals surface area contributed by atoms with E-state index < -0.39 is 0 Å². The molecule has 14 heavy (non-hydrogen) atoms. The van der Waals surface area contributed by atoms with Crippen LogP contribution in [0.2, 0.25) is 0 Å². The summed E-state index contributed by atoms with van der Waals surface area (Å²) in [5.41, 5.74) is 1.76. The van der Waals surface area contributed by atoms with Crippen LogP contribution in [-0.4, -0.2) is 15.1 Å². The van der Waals surface area contributed by atoms with Crippen LogP contribution in [0.1, 0.15) is 48.7 Å².